The third kappa shape index (κ3) is 3.56. The first-order valence-corrected chi connectivity index (χ1v) is 10.4. The van der Waals surface area contributed by atoms with Gasteiger partial charge in [-0.25, -0.2) is 0 Å². The van der Waals surface area contributed by atoms with E-state index in [4.69, 9.17) is 4.74 Å². The Balaban J connectivity index is 1.18. The van der Waals surface area contributed by atoms with Crippen molar-refractivity contribution in [3.05, 3.63) is 34.9 Å². The van der Waals surface area contributed by atoms with Gasteiger partial charge >= 0.3 is 0 Å². The number of hydrogen-bond acceptors (Lipinski definition) is 6. The van der Waals surface area contributed by atoms with Crippen LogP contribution in [0.15, 0.2) is 18.2 Å². The Morgan fingerprint density at radius 1 is 1.21 bits per heavy atom. The van der Waals surface area contributed by atoms with Crippen molar-refractivity contribution >= 4 is 17.7 Å². The molecule has 154 valence electrons. The number of imide groups is 1. The van der Waals surface area contributed by atoms with Crippen LogP contribution in [0.1, 0.15) is 40.7 Å². The third-order valence-corrected chi connectivity index (χ3v) is 6.55. The molecule has 4 aliphatic rings. The van der Waals surface area contributed by atoms with Gasteiger partial charge in [0.25, 0.3) is 5.91 Å². The van der Waals surface area contributed by atoms with Crippen molar-refractivity contribution in [3.8, 4) is 0 Å². The summed E-state index contributed by atoms with van der Waals surface area (Å²) < 4.78 is 5.49. The average Bonchev–Trinajstić information content (AvgIpc) is 3.36. The Morgan fingerprint density at radius 2 is 2.10 bits per heavy atom. The van der Waals surface area contributed by atoms with Gasteiger partial charge in [-0.05, 0) is 30.0 Å². The largest absolute Gasteiger partial charge is 0.379 e. The second kappa shape index (κ2) is 7.51. The minimum atomic E-state index is -0.564. The fourth-order valence-electron chi connectivity index (χ4n) is 5.00. The molecule has 8 heteroatoms. The van der Waals surface area contributed by atoms with E-state index in [1.165, 1.54) is 0 Å². The zero-order chi connectivity index (χ0) is 20.0. The van der Waals surface area contributed by atoms with Crippen molar-refractivity contribution in [2.24, 2.45) is 5.92 Å². The lowest BCUT2D eigenvalue weighted by Gasteiger charge is -2.29. The van der Waals surface area contributed by atoms with E-state index in [-0.39, 0.29) is 24.1 Å². The van der Waals surface area contributed by atoms with Crippen molar-refractivity contribution in [2.45, 2.75) is 50.5 Å². The maximum Gasteiger partial charge on any atom is 0.255 e. The standard InChI is InChI=1S/C21H26N4O4/c26-19-4-3-18(20(27)24-19)25-9-13-2-1-12(5-16(13)21(25)28)7-22-8-15-6-14-10-29-11-17(14)23-15/h1-2,5,14-15,17-18,22-23H,3-4,6-11H2,(H,24,26,27). The second-order valence-corrected chi connectivity index (χ2v) is 8.53. The number of hydrogen-bond donors (Lipinski definition) is 3. The van der Waals surface area contributed by atoms with Crippen molar-refractivity contribution in [3.63, 3.8) is 0 Å². The zero-order valence-corrected chi connectivity index (χ0v) is 16.3. The Labute approximate surface area is 169 Å². The number of rotatable bonds is 5. The smallest absolute Gasteiger partial charge is 0.255 e. The second-order valence-electron chi connectivity index (χ2n) is 8.53. The highest BCUT2D eigenvalue weighted by Gasteiger charge is 2.39. The number of nitrogens with one attached hydrogen (secondary N) is 3. The quantitative estimate of drug-likeness (QED) is 0.600. The first-order chi connectivity index (χ1) is 14.1. The van der Waals surface area contributed by atoms with Crippen LogP contribution in [0.2, 0.25) is 0 Å². The molecule has 0 aliphatic carbocycles. The topological polar surface area (TPSA) is 99.8 Å². The van der Waals surface area contributed by atoms with Crippen molar-refractivity contribution in [2.75, 3.05) is 19.8 Å². The molecule has 29 heavy (non-hydrogen) atoms. The number of ether oxygens (including phenoxy) is 1. The molecule has 3 fully saturated rings. The molecule has 4 unspecified atom stereocenters. The Morgan fingerprint density at radius 3 is 2.93 bits per heavy atom. The maximum atomic E-state index is 12.9. The van der Waals surface area contributed by atoms with E-state index in [9.17, 15) is 14.4 Å². The van der Waals surface area contributed by atoms with E-state index < -0.39 is 6.04 Å². The molecule has 0 saturated carbocycles. The van der Waals surface area contributed by atoms with Gasteiger partial charge in [-0.3, -0.25) is 19.7 Å². The molecule has 4 atom stereocenters. The van der Waals surface area contributed by atoms with Gasteiger partial charge in [0.05, 0.1) is 13.2 Å². The molecule has 1 aromatic carbocycles. The van der Waals surface area contributed by atoms with Crippen LogP contribution >= 0.6 is 0 Å². The molecule has 5 rings (SSSR count). The predicted octanol–water partition coefficient (Wildman–Crippen LogP) is -0.0859. The van der Waals surface area contributed by atoms with Crippen LogP contribution in [0.3, 0.4) is 0 Å². The SMILES string of the molecule is O=C1CCC(N2Cc3ccc(CNCC4CC5COCC5N4)cc3C2=O)C(=O)N1. The van der Waals surface area contributed by atoms with Crippen LogP contribution < -0.4 is 16.0 Å². The Kier molecular flexibility index (Phi) is 4.85. The summed E-state index contributed by atoms with van der Waals surface area (Å²) in [6.45, 7) is 3.69. The van der Waals surface area contributed by atoms with Gasteiger partial charge in [-0.15, -0.1) is 0 Å². The van der Waals surface area contributed by atoms with Gasteiger partial charge in [-0.2, -0.15) is 0 Å². The number of amides is 3. The summed E-state index contributed by atoms with van der Waals surface area (Å²) in [6, 6.07) is 6.35. The molecule has 4 heterocycles. The number of piperidine rings is 1. The van der Waals surface area contributed by atoms with Crippen molar-refractivity contribution in [1.29, 1.82) is 0 Å². The molecular weight excluding hydrogens is 372 g/mol. The Bertz CT molecular complexity index is 845. The lowest BCUT2D eigenvalue weighted by molar-refractivity contribution is -0.136. The van der Waals surface area contributed by atoms with Crippen LogP contribution in [0.4, 0.5) is 0 Å². The number of nitrogens with zero attached hydrogens (tertiary/aromatic N) is 1. The van der Waals surface area contributed by atoms with E-state index >= 15 is 0 Å². The highest BCUT2D eigenvalue weighted by Crippen LogP contribution is 2.28. The fourth-order valence-corrected chi connectivity index (χ4v) is 5.00. The predicted molar refractivity (Wildman–Crippen MR) is 104 cm³/mol. The molecular formula is C21H26N4O4. The summed E-state index contributed by atoms with van der Waals surface area (Å²) >= 11 is 0. The van der Waals surface area contributed by atoms with Gasteiger partial charge in [0.1, 0.15) is 6.04 Å². The molecule has 3 amide bonds. The maximum absolute atomic E-state index is 12.9. The normalized spacial score (nSPS) is 31.2. The summed E-state index contributed by atoms with van der Waals surface area (Å²) in [5.74, 6) is -0.125. The molecule has 3 saturated heterocycles. The fraction of sp³-hybridized carbons (Fsp3) is 0.571. The lowest BCUT2D eigenvalue weighted by atomic mass is 10.0. The van der Waals surface area contributed by atoms with Crippen molar-refractivity contribution < 1.29 is 19.1 Å². The van der Waals surface area contributed by atoms with Crippen LogP contribution in [0.25, 0.3) is 0 Å². The molecule has 4 aliphatic heterocycles. The number of carbonyl (C=O) groups excluding carboxylic acids is 3. The van der Waals surface area contributed by atoms with Crippen LogP contribution in [-0.4, -0.2) is 60.5 Å². The molecule has 0 spiro atoms. The first kappa shape index (κ1) is 18.7. The van der Waals surface area contributed by atoms with E-state index in [0.717, 1.165) is 37.3 Å². The van der Waals surface area contributed by atoms with Crippen LogP contribution in [0.5, 0.6) is 0 Å². The minimum absolute atomic E-state index is 0.123. The number of benzene rings is 1. The number of carbonyl (C=O) groups is 3. The lowest BCUT2D eigenvalue weighted by Crippen LogP contribution is -2.52. The highest BCUT2D eigenvalue weighted by molar-refractivity contribution is 6.05. The van der Waals surface area contributed by atoms with Crippen molar-refractivity contribution in [1.82, 2.24) is 20.9 Å². The molecule has 0 bridgehead atoms. The summed E-state index contributed by atoms with van der Waals surface area (Å²) in [5, 5.41) is 9.46. The summed E-state index contributed by atoms with van der Waals surface area (Å²) in [6.07, 6.45) is 1.80. The van der Waals surface area contributed by atoms with Gasteiger partial charge in [0.15, 0.2) is 0 Å². The van der Waals surface area contributed by atoms with Crippen LogP contribution in [-0.2, 0) is 27.4 Å². The monoisotopic (exact) mass is 398 g/mol. The minimum Gasteiger partial charge on any atom is -0.379 e. The Hall–Kier alpha value is -2.29. The zero-order valence-electron chi connectivity index (χ0n) is 16.3. The summed E-state index contributed by atoms with van der Waals surface area (Å²) in [4.78, 5) is 38.0. The molecule has 3 N–H and O–H groups in total. The van der Waals surface area contributed by atoms with E-state index in [1.54, 1.807) is 4.90 Å². The van der Waals surface area contributed by atoms with E-state index in [2.05, 4.69) is 16.0 Å². The van der Waals surface area contributed by atoms with E-state index in [1.807, 2.05) is 18.2 Å². The van der Waals surface area contributed by atoms with Gasteiger partial charge < -0.3 is 20.3 Å². The van der Waals surface area contributed by atoms with E-state index in [0.29, 0.717) is 43.1 Å². The first-order valence-electron chi connectivity index (χ1n) is 10.4. The molecule has 0 radical (unpaired) electrons. The van der Waals surface area contributed by atoms with Crippen LogP contribution in [0, 0.1) is 5.92 Å². The molecule has 8 nitrogen and oxygen atoms in total. The van der Waals surface area contributed by atoms with Gasteiger partial charge in [-0.1, -0.05) is 12.1 Å². The molecule has 0 aromatic heterocycles. The average molecular weight is 398 g/mol. The molecule has 1 aromatic rings. The van der Waals surface area contributed by atoms with Gasteiger partial charge in [0.2, 0.25) is 11.8 Å². The van der Waals surface area contributed by atoms with Gasteiger partial charge in [0, 0.05) is 49.6 Å². The highest BCUT2D eigenvalue weighted by atomic mass is 16.5. The number of fused-ring (bicyclic) bond motifs is 2. The third-order valence-electron chi connectivity index (χ3n) is 6.55. The summed E-state index contributed by atoms with van der Waals surface area (Å²) in [5.41, 5.74) is 2.66. The summed E-state index contributed by atoms with van der Waals surface area (Å²) in [7, 11) is 0.